The van der Waals surface area contributed by atoms with Crippen LogP contribution >= 0.6 is 11.3 Å². The van der Waals surface area contributed by atoms with E-state index in [0.717, 1.165) is 0 Å². The van der Waals surface area contributed by atoms with E-state index in [9.17, 15) is 0 Å². The average molecular weight is 573 g/mol. The maximum absolute atomic E-state index is 2.82. The summed E-state index contributed by atoms with van der Waals surface area (Å²) in [5.41, 5.74) is 14.3. The molecule has 2 atom stereocenters. The van der Waals surface area contributed by atoms with Gasteiger partial charge >= 0.3 is 0 Å². The largest absolute Gasteiger partial charge is 0.335 e. The van der Waals surface area contributed by atoms with Crippen LogP contribution in [-0.2, 0) is 5.41 Å². The second kappa shape index (κ2) is 8.12. The molecule has 43 heavy (non-hydrogen) atoms. The molecule has 1 aromatic heterocycles. The first-order chi connectivity index (χ1) is 21.0. The van der Waals surface area contributed by atoms with Crippen LogP contribution in [0.25, 0.3) is 20.2 Å². The third-order valence-electron chi connectivity index (χ3n) is 11.6. The monoisotopic (exact) mass is 572 g/mol. The van der Waals surface area contributed by atoms with Crippen molar-refractivity contribution in [3.05, 3.63) is 108 Å². The number of rotatable bonds is 1. The Morgan fingerprint density at radius 2 is 1.49 bits per heavy atom. The fraction of sp³-hybridized carbons (Fsp3) is 0.231. The second-order valence-electron chi connectivity index (χ2n) is 13.7. The first kappa shape index (κ1) is 24.4. The lowest BCUT2D eigenvalue weighted by Crippen LogP contribution is -2.64. The maximum atomic E-state index is 2.82. The summed E-state index contributed by atoms with van der Waals surface area (Å²) in [7, 11) is 0. The van der Waals surface area contributed by atoms with E-state index < -0.39 is 0 Å². The van der Waals surface area contributed by atoms with Gasteiger partial charge in [-0.25, -0.2) is 0 Å². The Kier molecular flexibility index (Phi) is 4.61. The van der Waals surface area contributed by atoms with Crippen molar-refractivity contribution in [2.45, 2.75) is 57.4 Å². The lowest BCUT2D eigenvalue weighted by atomic mass is 9.33. The maximum Gasteiger partial charge on any atom is 0.252 e. The van der Waals surface area contributed by atoms with Gasteiger partial charge in [0.1, 0.15) is 0 Å². The smallest absolute Gasteiger partial charge is 0.252 e. The van der Waals surface area contributed by atoms with Gasteiger partial charge in [0.25, 0.3) is 6.71 Å². The summed E-state index contributed by atoms with van der Waals surface area (Å²) in [4.78, 5) is 5.39. The molecule has 3 aliphatic heterocycles. The molecule has 5 aromatic carbocycles. The molecule has 1 fully saturated rings. The molecule has 0 spiro atoms. The average Bonchev–Trinajstić information content (AvgIpc) is 3.48. The number of thiophene rings is 1. The Bertz CT molecular complexity index is 2170. The summed E-state index contributed by atoms with van der Waals surface area (Å²) >= 11 is 1.93. The first-order valence-corrected chi connectivity index (χ1v) is 16.7. The van der Waals surface area contributed by atoms with Crippen LogP contribution < -0.4 is 26.2 Å². The minimum Gasteiger partial charge on any atom is -0.335 e. The van der Waals surface area contributed by atoms with Crippen molar-refractivity contribution < 1.29 is 0 Å². The molecule has 0 amide bonds. The SMILES string of the molecule is Cc1cc2c3c(c1)N1c4c(cccc4C4(C)CCCCC14C)B3c1cc3sc4ccccc4c3cc1N2c1ccccc1. The molecule has 2 nitrogen and oxygen atoms in total. The molecule has 0 radical (unpaired) electrons. The zero-order chi connectivity index (χ0) is 28.7. The van der Waals surface area contributed by atoms with Gasteiger partial charge in [-0.2, -0.15) is 0 Å². The molecule has 1 aliphatic carbocycles. The van der Waals surface area contributed by atoms with Gasteiger partial charge in [-0.3, -0.25) is 0 Å². The van der Waals surface area contributed by atoms with E-state index in [1.165, 1.54) is 96.2 Å². The molecule has 0 N–H and O–H groups in total. The van der Waals surface area contributed by atoms with Crippen molar-refractivity contribution in [1.82, 2.24) is 0 Å². The summed E-state index contributed by atoms with van der Waals surface area (Å²) < 4.78 is 2.74. The van der Waals surface area contributed by atoms with Gasteiger partial charge < -0.3 is 9.80 Å². The summed E-state index contributed by atoms with van der Waals surface area (Å²) in [6.07, 6.45) is 5.09. The van der Waals surface area contributed by atoms with Crippen LogP contribution in [0.2, 0.25) is 0 Å². The van der Waals surface area contributed by atoms with E-state index in [0.29, 0.717) is 0 Å². The van der Waals surface area contributed by atoms with Crippen molar-refractivity contribution in [2.75, 3.05) is 9.80 Å². The Hall–Kier alpha value is -4.02. The number of benzene rings is 5. The third-order valence-corrected chi connectivity index (χ3v) is 12.7. The van der Waals surface area contributed by atoms with Gasteiger partial charge in [0.2, 0.25) is 0 Å². The lowest BCUT2D eigenvalue weighted by molar-refractivity contribution is 0.195. The van der Waals surface area contributed by atoms with Crippen molar-refractivity contribution in [1.29, 1.82) is 0 Å². The fourth-order valence-corrected chi connectivity index (χ4v) is 10.6. The Labute approximate surface area is 257 Å². The van der Waals surface area contributed by atoms with Gasteiger partial charge in [-0.1, -0.05) is 74.4 Å². The van der Waals surface area contributed by atoms with Crippen LogP contribution in [0.1, 0.15) is 50.7 Å². The number of fused-ring (bicyclic) bond motifs is 10. The number of anilines is 5. The highest BCUT2D eigenvalue weighted by Gasteiger charge is 2.61. The number of aryl methyl sites for hydroxylation is 1. The van der Waals surface area contributed by atoms with Crippen molar-refractivity contribution >= 4 is 83.0 Å². The molecule has 10 rings (SSSR count). The first-order valence-electron chi connectivity index (χ1n) is 15.9. The van der Waals surface area contributed by atoms with Gasteiger partial charge in [0.15, 0.2) is 0 Å². The van der Waals surface area contributed by atoms with Crippen LogP contribution in [0, 0.1) is 6.92 Å². The fourth-order valence-electron chi connectivity index (χ4n) is 9.49. The van der Waals surface area contributed by atoms with Crippen molar-refractivity contribution in [3.63, 3.8) is 0 Å². The van der Waals surface area contributed by atoms with Gasteiger partial charge in [-0.05, 0) is 96.7 Å². The zero-order valence-corrected chi connectivity index (χ0v) is 25.8. The molecular weight excluding hydrogens is 539 g/mol. The van der Waals surface area contributed by atoms with Crippen LogP contribution in [0.4, 0.5) is 28.4 Å². The van der Waals surface area contributed by atoms with E-state index >= 15 is 0 Å². The van der Waals surface area contributed by atoms with Crippen molar-refractivity contribution in [3.8, 4) is 0 Å². The Morgan fingerprint density at radius 1 is 0.698 bits per heavy atom. The van der Waals surface area contributed by atoms with Crippen LogP contribution in [0.3, 0.4) is 0 Å². The molecule has 1 saturated carbocycles. The summed E-state index contributed by atoms with van der Waals surface area (Å²) in [5, 5.41) is 2.72. The highest BCUT2D eigenvalue weighted by Crippen LogP contribution is 2.61. The topological polar surface area (TPSA) is 6.48 Å². The molecule has 0 bridgehead atoms. The van der Waals surface area contributed by atoms with E-state index in [1.807, 2.05) is 11.3 Å². The van der Waals surface area contributed by atoms with Gasteiger partial charge in [-0.15, -0.1) is 11.3 Å². The van der Waals surface area contributed by atoms with E-state index in [-0.39, 0.29) is 17.7 Å². The number of hydrogen-bond acceptors (Lipinski definition) is 3. The highest BCUT2D eigenvalue weighted by molar-refractivity contribution is 7.26. The van der Waals surface area contributed by atoms with Crippen LogP contribution in [-0.4, -0.2) is 12.3 Å². The number of hydrogen-bond donors (Lipinski definition) is 0. The van der Waals surface area contributed by atoms with Gasteiger partial charge in [0, 0.05) is 54.0 Å². The summed E-state index contributed by atoms with van der Waals surface area (Å²) in [5.74, 6) is 0. The predicted octanol–water partition coefficient (Wildman–Crippen LogP) is 8.72. The molecule has 4 heteroatoms. The normalized spacial score (nSPS) is 22.9. The number of nitrogens with zero attached hydrogens (tertiary/aromatic N) is 2. The summed E-state index contributed by atoms with van der Waals surface area (Å²) in [6, 6.07) is 37.2. The lowest BCUT2D eigenvalue weighted by Gasteiger charge is -2.52. The second-order valence-corrected chi connectivity index (χ2v) is 14.8. The molecule has 4 heterocycles. The van der Waals surface area contributed by atoms with E-state index in [2.05, 4.69) is 128 Å². The minimum absolute atomic E-state index is 0.0590. The summed E-state index contributed by atoms with van der Waals surface area (Å²) in [6.45, 7) is 7.63. The number of para-hydroxylation sites is 2. The minimum atomic E-state index is 0.0590. The predicted molar refractivity (Wildman–Crippen MR) is 186 cm³/mol. The van der Waals surface area contributed by atoms with E-state index in [1.54, 1.807) is 5.56 Å². The molecule has 208 valence electrons. The highest BCUT2D eigenvalue weighted by atomic mass is 32.1. The zero-order valence-electron chi connectivity index (χ0n) is 24.9. The van der Waals surface area contributed by atoms with Crippen LogP contribution in [0.5, 0.6) is 0 Å². The standard InChI is InChI=1S/C39H33BN2S/c1-24-20-32-36-33(21-24)42-37-28(38(2)18-9-10-19-39(38,42)3)15-11-16-29(37)40(36)30-23-35-27(26-14-7-8-17-34(26)43-35)22-31(30)41(32)25-12-5-4-6-13-25/h4-8,11-17,20-23H,9-10,18-19H2,1-3H3. The van der Waals surface area contributed by atoms with Gasteiger partial charge in [0.05, 0.1) is 5.54 Å². The third kappa shape index (κ3) is 2.87. The quantitative estimate of drug-likeness (QED) is 0.182. The van der Waals surface area contributed by atoms with E-state index in [4.69, 9.17) is 0 Å². The Balaban J connectivity index is 1.36. The molecule has 0 saturated heterocycles. The molecular formula is C39H33BN2S. The van der Waals surface area contributed by atoms with Crippen molar-refractivity contribution in [2.24, 2.45) is 0 Å². The molecule has 2 unspecified atom stereocenters. The molecule has 6 aromatic rings. The Morgan fingerprint density at radius 3 is 2.37 bits per heavy atom. The molecule has 4 aliphatic rings. The van der Waals surface area contributed by atoms with Crippen LogP contribution in [0.15, 0.2) is 97.1 Å².